The van der Waals surface area contributed by atoms with Gasteiger partial charge in [0.1, 0.15) is 5.15 Å². The second-order valence-corrected chi connectivity index (χ2v) is 3.40. The van der Waals surface area contributed by atoms with Crippen molar-refractivity contribution >= 4 is 17.9 Å². The molecule has 3 heteroatoms. The van der Waals surface area contributed by atoms with Crippen LogP contribution < -0.4 is 0 Å². The van der Waals surface area contributed by atoms with E-state index in [9.17, 15) is 4.79 Å². The summed E-state index contributed by atoms with van der Waals surface area (Å²) in [6, 6.07) is 1.83. The number of carbonyl (C=O) groups is 1. The quantitative estimate of drug-likeness (QED) is 0.518. The van der Waals surface area contributed by atoms with Crippen molar-refractivity contribution in [1.82, 2.24) is 4.98 Å². The number of halogens is 1. The molecule has 1 heterocycles. The monoisotopic (exact) mass is 181 g/mol. The van der Waals surface area contributed by atoms with E-state index in [2.05, 4.69) is 4.98 Å². The van der Waals surface area contributed by atoms with Crippen molar-refractivity contribution in [2.75, 3.05) is 0 Å². The molecule has 0 aliphatic heterocycles. The van der Waals surface area contributed by atoms with Gasteiger partial charge >= 0.3 is 0 Å². The molecule has 1 aliphatic carbocycles. The highest BCUT2D eigenvalue weighted by molar-refractivity contribution is 6.31. The van der Waals surface area contributed by atoms with Crippen molar-refractivity contribution in [2.45, 2.75) is 18.8 Å². The van der Waals surface area contributed by atoms with E-state index in [-0.39, 0.29) is 0 Å². The number of rotatable bonds is 2. The Balaban J connectivity index is 2.39. The van der Waals surface area contributed by atoms with Crippen LogP contribution in [0.25, 0.3) is 0 Å². The van der Waals surface area contributed by atoms with Crippen molar-refractivity contribution in [1.29, 1.82) is 0 Å². The summed E-state index contributed by atoms with van der Waals surface area (Å²) >= 11 is 5.68. The predicted molar refractivity (Wildman–Crippen MR) is 46.6 cm³/mol. The lowest BCUT2D eigenvalue weighted by atomic mass is 10.1. The Hall–Kier alpha value is -0.890. The minimum Gasteiger partial charge on any atom is -0.298 e. The minimum atomic E-state index is 0.300. The van der Waals surface area contributed by atoms with Gasteiger partial charge in [0.2, 0.25) is 0 Å². The van der Waals surface area contributed by atoms with E-state index in [0.29, 0.717) is 16.6 Å². The van der Waals surface area contributed by atoms with E-state index in [1.807, 2.05) is 6.07 Å². The topological polar surface area (TPSA) is 30.0 Å². The summed E-state index contributed by atoms with van der Waals surface area (Å²) in [6.07, 6.45) is 4.93. The molecule has 0 atom stereocenters. The summed E-state index contributed by atoms with van der Waals surface area (Å²) in [5.74, 6) is 0.619. The van der Waals surface area contributed by atoms with Gasteiger partial charge in [0.25, 0.3) is 0 Å². The fraction of sp³-hybridized carbons (Fsp3) is 0.333. The largest absolute Gasteiger partial charge is 0.298 e. The van der Waals surface area contributed by atoms with Gasteiger partial charge in [-0.1, -0.05) is 11.6 Å². The fourth-order valence-corrected chi connectivity index (χ4v) is 1.35. The van der Waals surface area contributed by atoms with E-state index in [4.69, 9.17) is 11.6 Å². The van der Waals surface area contributed by atoms with E-state index in [1.54, 1.807) is 6.20 Å². The molecule has 0 unspecified atom stereocenters. The molecule has 0 spiro atoms. The Morgan fingerprint density at radius 2 is 2.33 bits per heavy atom. The highest BCUT2D eigenvalue weighted by Gasteiger charge is 2.24. The first kappa shape index (κ1) is 7.74. The van der Waals surface area contributed by atoms with E-state index >= 15 is 0 Å². The molecule has 2 nitrogen and oxygen atoms in total. The van der Waals surface area contributed by atoms with Gasteiger partial charge in [-0.3, -0.25) is 4.79 Å². The number of hydrogen-bond donors (Lipinski definition) is 0. The van der Waals surface area contributed by atoms with Gasteiger partial charge in [-0.2, -0.15) is 0 Å². The molecule has 2 rings (SSSR count). The molecular weight excluding hydrogens is 174 g/mol. The Bertz CT molecular complexity index is 320. The summed E-state index contributed by atoms with van der Waals surface area (Å²) in [7, 11) is 0. The van der Waals surface area contributed by atoms with Crippen LogP contribution in [0.4, 0.5) is 0 Å². The van der Waals surface area contributed by atoms with E-state index < -0.39 is 0 Å². The third-order valence-corrected chi connectivity index (χ3v) is 2.38. The lowest BCUT2D eigenvalue weighted by Gasteiger charge is -1.99. The molecule has 1 saturated carbocycles. The third kappa shape index (κ3) is 1.34. The molecule has 0 N–H and O–H groups in total. The van der Waals surface area contributed by atoms with Crippen LogP contribution in [0.15, 0.2) is 12.3 Å². The number of aromatic nitrogens is 1. The van der Waals surface area contributed by atoms with Crippen LogP contribution in [0.1, 0.15) is 34.7 Å². The van der Waals surface area contributed by atoms with Gasteiger partial charge in [-0.25, -0.2) is 4.98 Å². The fourth-order valence-electron chi connectivity index (χ4n) is 1.20. The van der Waals surface area contributed by atoms with Crippen molar-refractivity contribution in [3.05, 3.63) is 28.5 Å². The highest BCUT2D eigenvalue weighted by Crippen LogP contribution is 2.40. The first-order valence-electron chi connectivity index (χ1n) is 3.92. The third-order valence-electron chi connectivity index (χ3n) is 2.06. The summed E-state index contributed by atoms with van der Waals surface area (Å²) in [6.45, 7) is 0. The second kappa shape index (κ2) is 2.87. The van der Waals surface area contributed by atoms with Gasteiger partial charge in [-0.15, -0.1) is 0 Å². The minimum absolute atomic E-state index is 0.300. The number of aldehydes is 1. The van der Waals surface area contributed by atoms with Crippen molar-refractivity contribution in [3.63, 3.8) is 0 Å². The molecule has 0 aromatic carbocycles. The van der Waals surface area contributed by atoms with Crippen LogP contribution in [0.3, 0.4) is 0 Å². The van der Waals surface area contributed by atoms with Crippen LogP contribution in [-0.4, -0.2) is 11.3 Å². The zero-order valence-electron chi connectivity index (χ0n) is 6.46. The normalized spacial score (nSPS) is 16.1. The molecular formula is C9H8ClNO. The summed E-state index contributed by atoms with van der Waals surface area (Å²) in [5.41, 5.74) is 1.64. The number of pyridine rings is 1. The van der Waals surface area contributed by atoms with Crippen molar-refractivity contribution in [3.8, 4) is 0 Å². The molecule has 12 heavy (non-hydrogen) atoms. The van der Waals surface area contributed by atoms with Gasteiger partial charge in [0, 0.05) is 6.20 Å². The van der Waals surface area contributed by atoms with Crippen molar-refractivity contribution in [2.24, 2.45) is 0 Å². The maximum atomic E-state index is 10.5. The number of nitrogens with zero attached hydrogens (tertiary/aromatic N) is 1. The average molecular weight is 182 g/mol. The van der Waals surface area contributed by atoms with Crippen LogP contribution in [0.5, 0.6) is 0 Å². The van der Waals surface area contributed by atoms with Crippen LogP contribution in [-0.2, 0) is 0 Å². The van der Waals surface area contributed by atoms with Gasteiger partial charge < -0.3 is 0 Å². The molecule has 0 bridgehead atoms. The summed E-state index contributed by atoms with van der Waals surface area (Å²) < 4.78 is 0. The molecule has 62 valence electrons. The molecule has 0 amide bonds. The van der Waals surface area contributed by atoms with Crippen molar-refractivity contribution < 1.29 is 4.79 Å². The van der Waals surface area contributed by atoms with Gasteiger partial charge in [-0.05, 0) is 30.4 Å². The van der Waals surface area contributed by atoms with E-state index in [1.165, 1.54) is 12.8 Å². The zero-order chi connectivity index (χ0) is 8.55. The number of carbonyl (C=O) groups excluding carboxylic acids is 1. The Labute approximate surface area is 75.6 Å². The summed E-state index contributed by atoms with van der Waals surface area (Å²) in [4.78, 5) is 14.4. The lowest BCUT2D eigenvalue weighted by molar-refractivity contribution is 0.112. The average Bonchev–Trinajstić information content (AvgIpc) is 2.88. The Morgan fingerprint density at radius 3 is 2.92 bits per heavy atom. The zero-order valence-corrected chi connectivity index (χ0v) is 7.21. The van der Waals surface area contributed by atoms with Gasteiger partial charge in [0.15, 0.2) is 6.29 Å². The Kier molecular flexibility index (Phi) is 1.85. The van der Waals surface area contributed by atoms with Gasteiger partial charge in [0.05, 0.1) is 5.56 Å². The smallest absolute Gasteiger partial charge is 0.153 e. The van der Waals surface area contributed by atoms with E-state index in [0.717, 1.165) is 11.8 Å². The van der Waals surface area contributed by atoms with Crippen LogP contribution >= 0.6 is 11.6 Å². The molecule has 0 radical (unpaired) electrons. The Morgan fingerprint density at radius 1 is 1.58 bits per heavy atom. The van der Waals surface area contributed by atoms with Crippen LogP contribution in [0.2, 0.25) is 5.15 Å². The maximum Gasteiger partial charge on any atom is 0.153 e. The second-order valence-electron chi connectivity index (χ2n) is 3.04. The van der Waals surface area contributed by atoms with Crippen LogP contribution in [0, 0.1) is 0 Å². The summed E-state index contributed by atoms with van der Waals surface area (Å²) in [5, 5.41) is 0.300. The maximum absolute atomic E-state index is 10.5. The highest BCUT2D eigenvalue weighted by atomic mass is 35.5. The lowest BCUT2D eigenvalue weighted by Crippen LogP contribution is -1.89. The molecule has 1 aliphatic rings. The molecule has 1 aromatic heterocycles. The standard InChI is InChI=1S/C9H8ClNO/c10-9-8(5-12)3-7(4-11-9)6-1-2-6/h3-6H,1-2H2. The molecule has 0 saturated heterocycles. The first-order chi connectivity index (χ1) is 5.81. The molecule has 1 aromatic rings. The predicted octanol–water partition coefficient (Wildman–Crippen LogP) is 2.42. The molecule has 1 fully saturated rings. The number of hydrogen-bond acceptors (Lipinski definition) is 2. The SMILES string of the molecule is O=Cc1cc(C2CC2)cnc1Cl. The first-order valence-corrected chi connectivity index (χ1v) is 4.29.